The van der Waals surface area contributed by atoms with Crippen LogP contribution in [0.5, 0.6) is 0 Å². The van der Waals surface area contributed by atoms with Gasteiger partial charge in [0, 0.05) is 6.61 Å². The molecule has 1 atom stereocenters. The molecule has 0 heterocycles. The first-order chi connectivity index (χ1) is 8.31. The predicted molar refractivity (Wildman–Crippen MR) is 76.3 cm³/mol. The molecule has 104 valence electrons. The summed E-state index contributed by atoms with van der Waals surface area (Å²) >= 11 is 0. The fraction of sp³-hybridized carbons (Fsp3) is 1.00. The molecule has 2 N–H and O–H groups in total. The van der Waals surface area contributed by atoms with Gasteiger partial charge in [-0.1, -0.05) is 52.4 Å². The largest absolute Gasteiger partial charge is 0.396 e. The Bertz CT molecular complexity index is 139. The van der Waals surface area contributed by atoms with E-state index >= 15 is 0 Å². The number of aliphatic hydroxyl groups is 1. The maximum Gasteiger partial charge on any atom is 0.0456 e. The molecule has 2 heteroatoms. The summed E-state index contributed by atoms with van der Waals surface area (Å²) in [4.78, 5) is 0. The second-order valence-electron chi connectivity index (χ2n) is 5.30. The number of hydrogen-bond donors (Lipinski definition) is 2. The first-order valence-electron chi connectivity index (χ1n) is 7.62. The zero-order valence-electron chi connectivity index (χ0n) is 12.0. The molecule has 0 aliphatic rings. The molecule has 0 aromatic rings. The molecule has 0 saturated carbocycles. The van der Waals surface area contributed by atoms with Crippen LogP contribution in [0.4, 0.5) is 0 Å². The van der Waals surface area contributed by atoms with Gasteiger partial charge in [0.2, 0.25) is 0 Å². The summed E-state index contributed by atoms with van der Waals surface area (Å²) in [5.74, 6) is 0.480. The zero-order valence-corrected chi connectivity index (χ0v) is 12.0. The quantitative estimate of drug-likeness (QED) is 0.483. The van der Waals surface area contributed by atoms with E-state index in [-0.39, 0.29) is 0 Å². The summed E-state index contributed by atoms with van der Waals surface area (Å²) in [5.41, 5.74) is 0. The van der Waals surface area contributed by atoms with Crippen molar-refractivity contribution in [3.8, 4) is 0 Å². The van der Waals surface area contributed by atoms with E-state index in [0.29, 0.717) is 12.5 Å². The van der Waals surface area contributed by atoms with Gasteiger partial charge in [-0.3, -0.25) is 0 Å². The SMILES string of the molecule is CCCCCCCCNCCCCC(C)CO. The van der Waals surface area contributed by atoms with E-state index in [1.807, 2.05) is 0 Å². The van der Waals surface area contributed by atoms with Crippen molar-refractivity contribution < 1.29 is 5.11 Å². The lowest BCUT2D eigenvalue weighted by atomic mass is 10.1. The van der Waals surface area contributed by atoms with Crippen LogP contribution in [0.15, 0.2) is 0 Å². The van der Waals surface area contributed by atoms with Crippen molar-refractivity contribution in [2.45, 2.75) is 71.6 Å². The summed E-state index contributed by atoms with van der Waals surface area (Å²) in [5, 5.41) is 12.4. The molecule has 0 saturated heterocycles. The van der Waals surface area contributed by atoms with Gasteiger partial charge in [-0.2, -0.15) is 0 Å². The van der Waals surface area contributed by atoms with E-state index < -0.39 is 0 Å². The number of unbranched alkanes of at least 4 members (excludes halogenated alkanes) is 6. The highest BCUT2D eigenvalue weighted by molar-refractivity contribution is 4.54. The van der Waals surface area contributed by atoms with Crippen molar-refractivity contribution in [1.29, 1.82) is 0 Å². The summed E-state index contributed by atoms with van der Waals surface area (Å²) < 4.78 is 0. The molecule has 0 spiro atoms. The zero-order chi connectivity index (χ0) is 12.8. The van der Waals surface area contributed by atoms with Crippen molar-refractivity contribution in [3.63, 3.8) is 0 Å². The highest BCUT2D eigenvalue weighted by Crippen LogP contribution is 2.06. The molecule has 2 nitrogen and oxygen atoms in total. The van der Waals surface area contributed by atoms with E-state index in [4.69, 9.17) is 5.11 Å². The summed E-state index contributed by atoms with van der Waals surface area (Å²) in [7, 11) is 0. The van der Waals surface area contributed by atoms with Crippen molar-refractivity contribution in [3.05, 3.63) is 0 Å². The molecule has 0 bridgehead atoms. The third-order valence-corrected chi connectivity index (χ3v) is 3.32. The van der Waals surface area contributed by atoms with Gasteiger partial charge < -0.3 is 10.4 Å². The third-order valence-electron chi connectivity index (χ3n) is 3.32. The topological polar surface area (TPSA) is 32.3 Å². The Hall–Kier alpha value is -0.0800. The van der Waals surface area contributed by atoms with Gasteiger partial charge in [0.25, 0.3) is 0 Å². The lowest BCUT2D eigenvalue weighted by Gasteiger charge is -2.08. The smallest absolute Gasteiger partial charge is 0.0456 e. The van der Waals surface area contributed by atoms with Gasteiger partial charge >= 0.3 is 0 Å². The fourth-order valence-electron chi connectivity index (χ4n) is 1.99. The van der Waals surface area contributed by atoms with Crippen LogP contribution in [0.25, 0.3) is 0 Å². The molecule has 0 fully saturated rings. The molecule has 1 unspecified atom stereocenters. The molecule has 0 aliphatic heterocycles. The first-order valence-corrected chi connectivity index (χ1v) is 7.62. The maximum atomic E-state index is 8.88. The highest BCUT2D eigenvalue weighted by Gasteiger charge is 1.98. The van der Waals surface area contributed by atoms with Crippen molar-refractivity contribution in [2.75, 3.05) is 19.7 Å². The number of rotatable bonds is 13. The lowest BCUT2D eigenvalue weighted by molar-refractivity contribution is 0.227. The second-order valence-corrected chi connectivity index (χ2v) is 5.30. The van der Waals surface area contributed by atoms with Crippen LogP contribution in [-0.4, -0.2) is 24.8 Å². The normalized spacial score (nSPS) is 12.9. The monoisotopic (exact) mass is 243 g/mol. The van der Waals surface area contributed by atoms with Crippen molar-refractivity contribution in [1.82, 2.24) is 5.32 Å². The minimum atomic E-state index is 0.338. The van der Waals surface area contributed by atoms with Gasteiger partial charge in [-0.15, -0.1) is 0 Å². The van der Waals surface area contributed by atoms with Gasteiger partial charge in [0.05, 0.1) is 0 Å². The number of hydrogen-bond acceptors (Lipinski definition) is 2. The molecule has 0 aromatic carbocycles. The average molecular weight is 243 g/mol. The Morgan fingerprint density at radius 2 is 1.47 bits per heavy atom. The summed E-state index contributed by atoms with van der Waals surface area (Å²) in [6, 6.07) is 0. The van der Waals surface area contributed by atoms with Crippen LogP contribution in [0.1, 0.15) is 71.6 Å². The summed E-state index contributed by atoms with van der Waals surface area (Å²) in [6.45, 7) is 7.04. The maximum absolute atomic E-state index is 8.88. The molecule has 0 amide bonds. The molecule has 0 aliphatic carbocycles. The third kappa shape index (κ3) is 13.9. The highest BCUT2D eigenvalue weighted by atomic mass is 16.3. The second kappa shape index (κ2) is 14.0. The molecule has 0 rings (SSSR count). The minimum Gasteiger partial charge on any atom is -0.396 e. The molecular formula is C15H33NO. The van der Waals surface area contributed by atoms with Crippen LogP contribution in [0, 0.1) is 5.92 Å². The Morgan fingerprint density at radius 3 is 2.12 bits per heavy atom. The standard InChI is InChI=1S/C15H33NO/c1-3-4-5-6-7-9-12-16-13-10-8-11-15(2)14-17/h15-17H,3-14H2,1-2H3. The molecule has 0 radical (unpaired) electrons. The molecule has 17 heavy (non-hydrogen) atoms. The van der Waals surface area contributed by atoms with Crippen LogP contribution >= 0.6 is 0 Å². The van der Waals surface area contributed by atoms with E-state index in [0.717, 1.165) is 13.0 Å². The Balaban J connectivity index is 2.94. The van der Waals surface area contributed by atoms with Crippen LogP contribution in [0.2, 0.25) is 0 Å². The Kier molecular flexibility index (Phi) is 13.9. The molecule has 0 aromatic heterocycles. The molecular weight excluding hydrogens is 210 g/mol. The van der Waals surface area contributed by atoms with Gasteiger partial charge in [0.1, 0.15) is 0 Å². The van der Waals surface area contributed by atoms with E-state index in [9.17, 15) is 0 Å². The first kappa shape index (κ1) is 16.9. The van der Waals surface area contributed by atoms with Crippen molar-refractivity contribution in [2.24, 2.45) is 5.92 Å². The van der Waals surface area contributed by atoms with Gasteiger partial charge in [-0.05, 0) is 38.3 Å². The Labute approximate surface area is 108 Å². The van der Waals surface area contributed by atoms with Crippen LogP contribution in [-0.2, 0) is 0 Å². The minimum absolute atomic E-state index is 0.338. The van der Waals surface area contributed by atoms with Crippen LogP contribution in [0.3, 0.4) is 0 Å². The van der Waals surface area contributed by atoms with Gasteiger partial charge in [-0.25, -0.2) is 0 Å². The van der Waals surface area contributed by atoms with E-state index in [1.54, 1.807) is 0 Å². The number of aliphatic hydroxyl groups excluding tert-OH is 1. The number of nitrogens with one attached hydrogen (secondary N) is 1. The van der Waals surface area contributed by atoms with Gasteiger partial charge in [0.15, 0.2) is 0 Å². The van der Waals surface area contributed by atoms with Crippen molar-refractivity contribution >= 4 is 0 Å². The predicted octanol–water partition coefficient (Wildman–Crippen LogP) is 3.74. The van der Waals surface area contributed by atoms with E-state index in [2.05, 4.69) is 19.2 Å². The van der Waals surface area contributed by atoms with Crippen LogP contribution < -0.4 is 5.32 Å². The fourth-order valence-corrected chi connectivity index (χ4v) is 1.99. The average Bonchev–Trinajstić information content (AvgIpc) is 2.35. The lowest BCUT2D eigenvalue weighted by Crippen LogP contribution is -2.16. The van der Waals surface area contributed by atoms with E-state index in [1.165, 1.54) is 57.9 Å². The Morgan fingerprint density at radius 1 is 0.882 bits per heavy atom. The summed E-state index contributed by atoms with van der Waals surface area (Å²) in [6.07, 6.45) is 11.9.